The van der Waals surface area contributed by atoms with Crippen LogP contribution in [-0.4, -0.2) is 27.3 Å². The Hall–Kier alpha value is -3.49. The van der Waals surface area contributed by atoms with Crippen LogP contribution in [0.3, 0.4) is 0 Å². The van der Waals surface area contributed by atoms with E-state index in [1.807, 2.05) is 6.07 Å². The number of carbonyl (C=O) groups is 1. The molecule has 0 saturated carbocycles. The minimum absolute atomic E-state index is 0.0547. The summed E-state index contributed by atoms with van der Waals surface area (Å²) < 4.78 is 46.1. The lowest BCUT2D eigenvalue weighted by Gasteiger charge is -2.17. The molecule has 3 rings (SSSR count). The fourth-order valence-corrected chi connectivity index (χ4v) is 3.20. The summed E-state index contributed by atoms with van der Waals surface area (Å²) in [7, 11) is 0. The van der Waals surface area contributed by atoms with Crippen molar-refractivity contribution in [2.45, 2.75) is 39.3 Å². The average molecular weight is 444 g/mol. The predicted molar refractivity (Wildman–Crippen MR) is 115 cm³/mol. The van der Waals surface area contributed by atoms with Crippen LogP contribution >= 0.6 is 0 Å². The fourth-order valence-electron chi connectivity index (χ4n) is 3.20. The fraction of sp³-hybridized carbons (Fsp3) is 0.304. The highest BCUT2D eigenvalue weighted by atomic mass is 19.4. The second-order valence-electron chi connectivity index (χ2n) is 7.20. The van der Waals surface area contributed by atoms with Gasteiger partial charge in [0, 0.05) is 24.1 Å². The molecule has 1 aromatic carbocycles. The zero-order valence-corrected chi connectivity index (χ0v) is 17.7. The summed E-state index contributed by atoms with van der Waals surface area (Å²) in [6, 6.07) is 11.4. The van der Waals surface area contributed by atoms with Gasteiger partial charge in [0.2, 0.25) is 11.8 Å². The standard InChI is InChI=1S/C23H23F3N4O2/c1-3-17(31)10-7-11-32-21-19(16-12-14(2)28-18(13-16)23(24,25)26)20(29-22(27)30-21)15-8-5-4-6-9-15/h4-6,8-9,12-13H,3,7,10-11H2,1-2H3,(H2,27,29,30). The highest BCUT2D eigenvalue weighted by Gasteiger charge is 2.33. The van der Waals surface area contributed by atoms with Gasteiger partial charge in [-0.15, -0.1) is 0 Å². The summed E-state index contributed by atoms with van der Waals surface area (Å²) in [5.41, 5.74) is 6.54. The monoisotopic (exact) mass is 444 g/mol. The van der Waals surface area contributed by atoms with Crippen molar-refractivity contribution in [3.05, 3.63) is 53.9 Å². The number of nitrogens with two attached hydrogens (primary N) is 1. The Morgan fingerprint density at radius 3 is 2.44 bits per heavy atom. The summed E-state index contributed by atoms with van der Waals surface area (Å²) in [5.74, 6) is 0.0775. The lowest BCUT2D eigenvalue weighted by Crippen LogP contribution is -2.11. The van der Waals surface area contributed by atoms with Crippen molar-refractivity contribution in [1.82, 2.24) is 15.0 Å². The third-order valence-corrected chi connectivity index (χ3v) is 4.71. The number of pyridine rings is 1. The molecule has 0 aliphatic heterocycles. The first kappa shape index (κ1) is 23.2. The van der Waals surface area contributed by atoms with Crippen LogP contribution in [0.5, 0.6) is 5.88 Å². The second-order valence-corrected chi connectivity index (χ2v) is 7.20. The van der Waals surface area contributed by atoms with Gasteiger partial charge in [0.25, 0.3) is 0 Å². The lowest BCUT2D eigenvalue weighted by atomic mass is 9.99. The summed E-state index contributed by atoms with van der Waals surface area (Å²) in [6.07, 6.45) is -3.41. The number of Topliss-reactive ketones (excluding diaryl/α,β-unsaturated/α-hetero) is 1. The molecule has 2 heterocycles. The number of ether oxygens (including phenoxy) is 1. The topological polar surface area (TPSA) is 91.0 Å². The second kappa shape index (κ2) is 9.76. The molecule has 0 aliphatic rings. The number of carbonyl (C=O) groups excluding carboxylic acids is 1. The number of anilines is 1. The first-order chi connectivity index (χ1) is 15.2. The van der Waals surface area contributed by atoms with Crippen LogP contribution < -0.4 is 10.5 Å². The molecule has 0 atom stereocenters. The molecule has 0 bridgehead atoms. The quantitative estimate of drug-likeness (QED) is 0.477. The van der Waals surface area contributed by atoms with E-state index in [-0.39, 0.29) is 41.0 Å². The number of benzene rings is 1. The van der Waals surface area contributed by atoms with Gasteiger partial charge in [-0.2, -0.15) is 18.2 Å². The Balaban J connectivity index is 2.13. The number of hydrogen-bond acceptors (Lipinski definition) is 6. The molecule has 0 aliphatic carbocycles. The Labute approximate surface area is 183 Å². The van der Waals surface area contributed by atoms with Crippen molar-refractivity contribution in [2.75, 3.05) is 12.3 Å². The first-order valence-corrected chi connectivity index (χ1v) is 10.1. The SMILES string of the molecule is CCC(=O)CCCOc1nc(N)nc(-c2ccccc2)c1-c1cc(C)nc(C(F)(F)F)c1. The number of alkyl halides is 3. The summed E-state index contributed by atoms with van der Waals surface area (Å²) >= 11 is 0. The van der Waals surface area contributed by atoms with Gasteiger partial charge >= 0.3 is 6.18 Å². The number of ketones is 1. The molecule has 0 amide bonds. The van der Waals surface area contributed by atoms with Crippen LogP contribution in [0.25, 0.3) is 22.4 Å². The van der Waals surface area contributed by atoms with Crippen molar-refractivity contribution in [3.8, 4) is 28.3 Å². The van der Waals surface area contributed by atoms with Gasteiger partial charge in [-0.3, -0.25) is 4.79 Å². The summed E-state index contributed by atoms with van der Waals surface area (Å²) in [5, 5.41) is 0. The summed E-state index contributed by atoms with van der Waals surface area (Å²) in [4.78, 5) is 23.6. The van der Waals surface area contributed by atoms with Crippen LogP contribution in [0.4, 0.5) is 19.1 Å². The van der Waals surface area contributed by atoms with E-state index in [4.69, 9.17) is 10.5 Å². The van der Waals surface area contributed by atoms with Gasteiger partial charge in [0.05, 0.1) is 17.9 Å². The minimum Gasteiger partial charge on any atom is -0.477 e. The molecule has 0 radical (unpaired) electrons. The smallest absolute Gasteiger partial charge is 0.433 e. The minimum atomic E-state index is -4.62. The van der Waals surface area contributed by atoms with Crippen molar-refractivity contribution in [3.63, 3.8) is 0 Å². The van der Waals surface area contributed by atoms with Crippen LogP contribution in [0.2, 0.25) is 0 Å². The van der Waals surface area contributed by atoms with E-state index in [2.05, 4.69) is 15.0 Å². The predicted octanol–water partition coefficient (Wildman–Crippen LogP) is 5.25. The molecule has 2 N–H and O–H groups in total. The molecule has 2 aromatic heterocycles. The molecule has 3 aromatic rings. The molecule has 0 fully saturated rings. The van der Waals surface area contributed by atoms with Crippen molar-refractivity contribution in [2.24, 2.45) is 0 Å². The normalized spacial score (nSPS) is 11.4. The molecular formula is C23H23F3N4O2. The van der Waals surface area contributed by atoms with Crippen LogP contribution in [0.15, 0.2) is 42.5 Å². The molecule has 0 unspecified atom stereocenters. The highest BCUT2D eigenvalue weighted by molar-refractivity contribution is 5.85. The number of nitrogens with zero attached hydrogens (tertiary/aromatic N) is 3. The zero-order chi connectivity index (χ0) is 23.3. The number of nitrogen functional groups attached to an aromatic ring is 1. The first-order valence-electron chi connectivity index (χ1n) is 10.1. The summed E-state index contributed by atoms with van der Waals surface area (Å²) in [6.45, 7) is 3.41. The molecule has 0 saturated heterocycles. The number of hydrogen-bond donors (Lipinski definition) is 1. The number of aryl methyl sites for hydroxylation is 1. The third kappa shape index (κ3) is 5.60. The van der Waals surface area contributed by atoms with Gasteiger partial charge in [0.1, 0.15) is 11.5 Å². The van der Waals surface area contributed by atoms with Crippen LogP contribution in [0, 0.1) is 6.92 Å². The number of aromatic nitrogens is 3. The van der Waals surface area contributed by atoms with E-state index in [1.165, 1.54) is 13.0 Å². The molecule has 6 nitrogen and oxygen atoms in total. The lowest BCUT2D eigenvalue weighted by molar-refractivity contribution is -0.141. The third-order valence-electron chi connectivity index (χ3n) is 4.71. The molecule has 9 heteroatoms. The highest BCUT2D eigenvalue weighted by Crippen LogP contribution is 2.40. The molecule has 168 valence electrons. The number of rotatable bonds is 8. The zero-order valence-electron chi connectivity index (χ0n) is 17.7. The van der Waals surface area contributed by atoms with Gasteiger partial charge in [-0.25, -0.2) is 9.97 Å². The Morgan fingerprint density at radius 1 is 1.06 bits per heavy atom. The Kier molecular flexibility index (Phi) is 7.07. The van der Waals surface area contributed by atoms with Gasteiger partial charge in [0.15, 0.2) is 0 Å². The van der Waals surface area contributed by atoms with E-state index in [1.54, 1.807) is 31.2 Å². The van der Waals surface area contributed by atoms with E-state index >= 15 is 0 Å². The van der Waals surface area contributed by atoms with E-state index in [9.17, 15) is 18.0 Å². The largest absolute Gasteiger partial charge is 0.477 e. The van der Waals surface area contributed by atoms with Gasteiger partial charge < -0.3 is 10.5 Å². The average Bonchev–Trinajstić information content (AvgIpc) is 2.75. The van der Waals surface area contributed by atoms with Gasteiger partial charge in [-0.05, 0) is 31.0 Å². The van der Waals surface area contributed by atoms with Crippen molar-refractivity contribution in [1.29, 1.82) is 0 Å². The maximum atomic E-state index is 13.4. The molecular weight excluding hydrogens is 421 g/mol. The van der Waals surface area contributed by atoms with E-state index in [0.29, 0.717) is 30.5 Å². The van der Waals surface area contributed by atoms with Crippen LogP contribution in [0.1, 0.15) is 37.6 Å². The number of halogens is 3. The Morgan fingerprint density at radius 2 is 1.78 bits per heavy atom. The van der Waals surface area contributed by atoms with E-state index in [0.717, 1.165) is 6.07 Å². The van der Waals surface area contributed by atoms with Gasteiger partial charge in [-0.1, -0.05) is 37.3 Å². The van der Waals surface area contributed by atoms with Crippen LogP contribution in [-0.2, 0) is 11.0 Å². The molecule has 0 spiro atoms. The Bertz CT molecular complexity index is 1100. The van der Waals surface area contributed by atoms with Crippen molar-refractivity contribution >= 4 is 11.7 Å². The molecule has 32 heavy (non-hydrogen) atoms. The maximum absolute atomic E-state index is 13.4. The maximum Gasteiger partial charge on any atom is 0.433 e. The van der Waals surface area contributed by atoms with Crippen molar-refractivity contribution < 1.29 is 22.7 Å². The van der Waals surface area contributed by atoms with E-state index < -0.39 is 11.9 Å².